The average Bonchev–Trinajstić information content (AvgIpc) is 2.78. The molecule has 2 rings (SSSR count). The lowest BCUT2D eigenvalue weighted by Gasteiger charge is -2.32. The lowest BCUT2D eigenvalue weighted by molar-refractivity contribution is 0.00578. The van der Waals surface area contributed by atoms with Crippen LogP contribution in [0.3, 0.4) is 0 Å². The number of nitrogens with one attached hydrogen (secondary N) is 1. The summed E-state index contributed by atoms with van der Waals surface area (Å²) in [5.74, 6) is 0.0845. The summed E-state index contributed by atoms with van der Waals surface area (Å²) in [6, 6.07) is 1.88. The van der Waals surface area contributed by atoms with Crippen LogP contribution < -0.4 is 5.32 Å². The van der Waals surface area contributed by atoms with Gasteiger partial charge in [0.1, 0.15) is 11.7 Å². The van der Waals surface area contributed by atoms with Crippen molar-refractivity contribution in [2.45, 2.75) is 65.3 Å². The van der Waals surface area contributed by atoms with E-state index in [1.54, 1.807) is 26.8 Å². The van der Waals surface area contributed by atoms with Crippen molar-refractivity contribution in [3.63, 3.8) is 0 Å². The molecule has 1 aliphatic rings. The molecule has 1 N–H and O–H groups in total. The van der Waals surface area contributed by atoms with Crippen LogP contribution in [0.2, 0.25) is 0 Å². The highest BCUT2D eigenvalue weighted by molar-refractivity contribution is 6.56. The van der Waals surface area contributed by atoms with E-state index in [0.29, 0.717) is 11.0 Å². The molecule has 1 aromatic heterocycles. The lowest BCUT2D eigenvalue weighted by atomic mass is 9.77. The van der Waals surface area contributed by atoms with Crippen LogP contribution in [-0.2, 0) is 14.0 Å². The number of carbonyl (C=O) groups excluding carboxylic acids is 1. The van der Waals surface area contributed by atoms with E-state index in [1.807, 2.05) is 33.8 Å². The molecule has 1 amide bonds. The van der Waals surface area contributed by atoms with Gasteiger partial charge in [0.2, 0.25) is 5.82 Å². The summed E-state index contributed by atoms with van der Waals surface area (Å²) in [6.07, 6.45) is 4.31. The Morgan fingerprint density at radius 1 is 1.25 bits per heavy atom. The number of hydrogen-bond acceptors (Lipinski definition) is 7. The molecule has 1 aromatic rings. The second kappa shape index (κ2) is 7.90. The van der Waals surface area contributed by atoms with Crippen LogP contribution in [0.25, 0.3) is 6.08 Å². The van der Waals surface area contributed by atoms with Crippen LogP contribution >= 0.6 is 0 Å². The number of alkyl carbamates (subject to hydrolysis) is 1. The van der Waals surface area contributed by atoms with Gasteiger partial charge in [-0.15, -0.1) is 0 Å². The van der Waals surface area contributed by atoms with Crippen molar-refractivity contribution in [1.82, 2.24) is 15.3 Å². The maximum atomic E-state index is 12.1. The molecule has 8 nitrogen and oxygen atoms in total. The number of hydrogen-bond donors (Lipinski definition) is 1. The normalized spacial score (nSPS) is 18.5. The molecular weight excluding hydrogens is 359 g/mol. The van der Waals surface area contributed by atoms with Crippen LogP contribution in [0.4, 0.5) is 4.79 Å². The van der Waals surface area contributed by atoms with Crippen molar-refractivity contribution in [3.8, 4) is 6.07 Å². The first-order chi connectivity index (χ1) is 12.8. The van der Waals surface area contributed by atoms with Crippen molar-refractivity contribution in [3.05, 3.63) is 29.3 Å². The zero-order valence-corrected chi connectivity index (χ0v) is 17.5. The first kappa shape index (κ1) is 21.9. The van der Waals surface area contributed by atoms with Crippen molar-refractivity contribution in [1.29, 1.82) is 5.26 Å². The van der Waals surface area contributed by atoms with Gasteiger partial charge in [-0.2, -0.15) is 5.26 Å². The fourth-order valence-electron chi connectivity index (χ4n) is 2.37. The molecule has 1 saturated heterocycles. The summed E-state index contributed by atoms with van der Waals surface area (Å²) in [7, 11) is -0.657. The fraction of sp³-hybridized carbons (Fsp3) is 0.579. The number of carbonyl (C=O) groups is 1. The molecule has 150 valence electrons. The molecule has 9 heteroatoms. The quantitative estimate of drug-likeness (QED) is 0.793. The SMILES string of the molecule is CC(C)(C)OC(=O)NCC(=Cc1cnc(C#N)nc1)B1OC(C)(C)C(C)(C)O1. The van der Waals surface area contributed by atoms with Gasteiger partial charge in [0.25, 0.3) is 0 Å². The topological polar surface area (TPSA) is 106 Å². The van der Waals surface area contributed by atoms with Crippen LogP contribution in [0.15, 0.2) is 17.9 Å². The molecule has 1 aliphatic heterocycles. The minimum atomic E-state index is -0.657. The van der Waals surface area contributed by atoms with Gasteiger partial charge in [-0.25, -0.2) is 14.8 Å². The van der Waals surface area contributed by atoms with E-state index in [1.165, 1.54) is 12.4 Å². The van der Waals surface area contributed by atoms with E-state index in [9.17, 15) is 4.79 Å². The highest BCUT2D eigenvalue weighted by Gasteiger charge is 2.52. The smallest absolute Gasteiger partial charge is 0.444 e. The Hall–Kier alpha value is -2.44. The number of ether oxygens (including phenoxy) is 1. The standard InChI is InChI=1S/C19H27BN4O4/c1-17(2,3)26-16(25)24-12-14(8-13-10-22-15(9-21)23-11-13)20-27-18(4,5)19(6,7)28-20/h8,10-11H,12H2,1-7H3,(H,24,25). The van der Waals surface area contributed by atoms with Crippen molar-refractivity contribution in [2.75, 3.05) is 6.54 Å². The molecule has 1 fully saturated rings. The van der Waals surface area contributed by atoms with Crippen molar-refractivity contribution >= 4 is 19.3 Å². The molecule has 0 radical (unpaired) electrons. The average molecular weight is 386 g/mol. The lowest BCUT2D eigenvalue weighted by Crippen LogP contribution is -2.41. The van der Waals surface area contributed by atoms with E-state index < -0.39 is 30.0 Å². The molecule has 0 bridgehead atoms. The van der Waals surface area contributed by atoms with Crippen LogP contribution in [0, 0.1) is 11.3 Å². The molecule has 0 unspecified atom stereocenters. The van der Waals surface area contributed by atoms with E-state index >= 15 is 0 Å². The summed E-state index contributed by atoms with van der Waals surface area (Å²) < 4.78 is 17.5. The Kier molecular flexibility index (Phi) is 6.16. The highest BCUT2D eigenvalue weighted by Crippen LogP contribution is 2.38. The number of rotatable bonds is 4. The van der Waals surface area contributed by atoms with Crippen LogP contribution in [0.5, 0.6) is 0 Å². The van der Waals surface area contributed by atoms with Crippen LogP contribution in [0.1, 0.15) is 59.9 Å². The zero-order valence-electron chi connectivity index (χ0n) is 17.5. The molecule has 2 heterocycles. The third kappa shape index (κ3) is 5.53. The predicted molar refractivity (Wildman–Crippen MR) is 105 cm³/mol. The number of nitriles is 1. The van der Waals surface area contributed by atoms with E-state index in [-0.39, 0.29) is 12.4 Å². The third-order valence-electron chi connectivity index (χ3n) is 4.52. The second-order valence-corrected chi connectivity index (χ2v) is 8.61. The van der Waals surface area contributed by atoms with E-state index in [2.05, 4.69) is 15.3 Å². The maximum Gasteiger partial charge on any atom is 0.492 e. The molecule has 0 spiro atoms. The van der Waals surface area contributed by atoms with Gasteiger partial charge in [-0.1, -0.05) is 6.08 Å². The Bertz CT molecular complexity index is 776. The van der Waals surface area contributed by atoms with Gasteiger partial charge < -0.3 is 19.4 Å². The van der Waals surface area contributed by atoms with Gasteiger partial charge in [0, 0.05) is 24.5 Å². The molecule has 28 heavy (non-hydrogen) atoms. The number of amides is 1. The zero-order chi connectivity index (χ0) is 21.2. The second-order valence-electron chi connectivity index (χ2n) is 8.61. The van der Waals surface area contributed by atoms with Gasteiger partial charge in [0.15, 0.2) is 0 Å². The Morgan fingerprint density at radius 3 is 2.25 bits per heavy atom. The Labute approximate surface area is 166 Å². The molecule has 0 aliphatic carbocycles. The largest absolute Gasteiger partial charge is 0.492 e. The molecule has 0 aromatic carbocycles. The van der Waals surface area contributed by atoms with Crippen LogP contribution in [-0.4, -0.2) is 46.5 Å². The summed E-state index contributed by atoms with van der Waals surface area (Å²) in [6.45, 7) is 13.4. The molecule has 0 atom stereocenters. The van der Waals surface area contributed by atoms with Gasteiger partial charge in [0.05, 0.1) is 11.2 Å². The Balaban J connectivity index is 2.24. The highest BCUT2D eigenvalue weighted by atomic mass is 16.7. The summed E-state index contributed by atoms with van der Waals surface area (Å²) in [5, 5.41) is 11.6. The minimum absolute atomic E-state index is 0.0845. The maximum absolute atomic E-state index is 12.1. The van der Waals surface area contributed by atoms with E-state index in [0.717, 1.165) is 0 Å². The van der Waals surface area contributed by atoms with Gasteiger partial charge in [-0.3, -0.25) is 0 Å². The first-order valence-electron chi connectivity index (χ1n) is 9.08. The predicted octanol–water partition coefficient (Wildman–Crippen LogP) is 2.89. The van der Waals surface area contributed by atoms with Gasteiger partial charge in [-0.05, 0) is 53.9 Å². The van der Waals surface area contributed by atoms with Gasteiger partial charge >= 0.3 is 13.2 Å². The summed E-state index contributed by atoms with van der Waals surface area (Å²) in [4.78, 5) is 20.0. The molecule has 0 saturated carbocycles. The number of nitrogens with zero attached hydrogens (tertiary/aromatic N) is 3. The Morgan fingerprint density at radius 2 is 1.79 bits per heavy atom. The van der Waals surface area contributed by atoms with Crippen molar-refractivity contribution in [2.24, 2.45) is 0 Å². The summed E-state index contributed by atoms with van der Waals surface area (Å²) in [5.41, 5.74) is -0.306. The first-order valence-corrected chi connectivity index (χ1v) is 9.08. The molecular formula is C19H27BN4O4. The van der Waals surface area contributed by atoms with E-state index in [4.69, 9.17) is 19.3 Å². The monoisotopic (exact) mass is 386 g/mol. The number of aromatic nitrogens is 2. The minimum Gasteiger partial charge on any atom is -0.444 e. The van der Waals surface area contributed by atoms with Crippen molar-refractivity contribution < 1.29 is 18.8 Å². The third-order valence-corrected chi connectivity index (χ3v) is 4.52. The fourth-order valence-corrected chi connectivity index (χ4v) is 2.37. The summed E-state index contributed by atoms with van der Waals surface area (Å²) >= 11 is 0.